The molecule has 0 radical (unpaired) electrons. The van der Waals surface area contributed by atoms with Gasteiger partial charge in [-0.05, 0) is 30.5 Å². The molecule has 0 spiro atoms. The standard InChI is InChI=1S/C21H25Cl2NO5/c1-12(2)6-7-29-20-15(23)8-13(9-19(20)28-5)21(25)24-16-10-14(22)17(26-3)11-18(16)27-4/h8-12H,6-7H2,1-5H3,(H,24,25). The van der Waals surface area contributed by atoms with E-state index in [0.717, 1.165) is 6.42 Å². The molecule has 0 unspecified atom stereocenters. The van der Waals surface area contributed by atoms with Crippen molar-refractivity contribution in [3.05, 3.63) is 39.9 Å². The zero-order chi connectivity index (χ0) is 21.6. The smallest absolute Gasteiger partial charge is 0.255 e. The number of hydrogen-bond donors (Lipinski definition) is 1. The fraction of sp³-hybridized carbons (Fsp3) is 0.381. The fourth-order valence-corrected chi connectivity index (χ4v) is 3.05. The van der Waals surface area contributed by atoms with Gasteiger partial charge in [-0.15, -0.1) is 0 Å². The number of methoxy groups -OCH3 is 3. The van der Waals surface area contributed by atoms with Crippen molar-refractivity contribution in [2.75, 3.05) is 33.3 Å². The molecule has 0 saturated carbocycles. The first-order chi connectivity index (χ1) is 13.8. The molecule has 0 fully saturated rings. The third-order valence-corrected chi connectivity index (χ3v) is 4.73. The summed E-state index contributed by atoms with van der Waals surface area (Å²) in [4.78, 5) is 12.8. The molecule has 0 aliphatic heterocycles. The summed E-state index contributed by atoms with van der Waals surface area (Å²) in [6.45, 7) is 4.71. The topological polar surface area (TPSA) is 66.0 Å². The second kappa shape index (κ2) is 10.5. The number of benzene rings is 2. The maximum absolute atomic E-state index is 12.8. The zero-order valence-electron chi connectivity index (χ0n) is 17.1. The maximum Gasteiger partial charge on any atom is 0.255 e. The molecular formula is C21H25Cl2NO5. The van der Waals surface area contributed by atoms with Crippen LogP contribution in [0.5, 0.6) is 23.0 Å². The summed E-state index contributed by atoms with van der Waals surface area (Å²) >= 11 is 12.5. The Hall–Kier alpha value is -2.31. The van der Waals surface area contributed by atoms with Crippen molar-refractivity contribution >= 4 is 34.8 Å². The first-order valence-corrected chi connectivity index (χ1v) is 9.79. The molecule has 2 aromatic rings. The van der Waals surface area contributed by atoms with Crippen LogP contribution < -0.4 is 24.3 Å². The van der Waals surface area contributed by atoms with Crippen LogP contribution in [0.25, 0.3) is 0 Å². The molecular weight excluding hydrogens is 417 g/mol. The largest absolute Gasteiger partial charge is 0.495 e. The molecule has 0 saturated heterocycles. The summed E-state index contributed by atoms with van der Waals surface area (Å²) < 4.78 is 21.6. The van der Waals surface area contributed by atoms with Gasteiger partial charge in [0.25, 0.3) is 5.91 Å². The lowest BCUT2D eigenvalue weighted by molar-refractivity contribution is 0.102. The Balaban J connectivity index is 2.27. The number of carbonyl (C=O) groups is 1. The Morgan fingerprint density at radius 3 is 2.17 bits per heavy atom. The molecule has 6 nitrogen and oxygen atoms in total. The summed E-state index contributed by atoms with van der Waals surface area (Å²) in [7, 11) is 4.48. The second-order valence-corrected chi connectivity index (χ2v) is 7.48. The fourth-order valence-electron chi connectivity index (χ4n) is 2.54. The molecule has 29 heavy (non-hydrogen) atoms. The van der Waals surface area contributed by atoms with E-state index >= 15 is 0 Å². The van der Waals surface area contributed by atoms with Crippen LogP contribution in [0.3, 0.4) is 0 Å². The van der Waals surface area contributed by atoms with Crippen molar-refractivity contribution in [1.82, 2.24) is 0 Å². The third-order valence-electron chi connectivity index (χ3n) is 4.16. The van der Waals surface area contributed by atoms with Gasteiger partial charge in [-0.2, -0.15) is 0 Å². The highest BCUT2D eigenvalue weighted by Gasteiger charge is 2.18. The maximum atomic E-state index is 12.8. The second-order valence-electron chi connectivity index (χ2n) is 6.66. The molecule has 0 heterocycles. The number of hydrogen-bond acceptors (Lipinski definition) is 5. The minimum atomic E-state index is -0.404. The number of nitrogens with one attached hydrogen (secondary N) is 1. The minimum absolute atomic E-state index is 0.290. The van der Waals surface area contributed by atoms with E-state index in [9.17, 15) is 4.79 Å². The average Bonchev–Trinajstić information content (AvgIpc) is 2.68. The first kappa shape index (κ1) is 23.0. The van der Waals surface area contributed by atoms with Crippen LogP contribution in [0.4, 0.5) is 5.69 Å². The van der Waals surface area contributed by atoms with Gasteiger partial charge in [0, 0.05) is 11.6 Å². The Morgan fingerprint density at radius 1 is 0.931 bits per heavy atom. The highest BCUT2D eigenvalue weighted by Crippen LogP contribution is 2.38. The third kappa shape index (κ3) is 5.84. The van der Waals surface area contributed by atoms with E-state index in [-0.39, 0.29) is 5.02 Å². The van der Waals surface area contributed by atoms with Crippen LogP contribution in [-0.2, 0) is 0 Å². The number of halogens is 2. The van der Waals surface area contributed by atoms with Crippen LogP contribution in [0.1, 0.15) is 30.6 Å². The molecule has 8 heteroatoms. The molecule has 0 aliphatic carbocycles. The highest BCUT2D eigenvalue weighted by molar-refractivity contribution is 6.33. The molecule has 0 aliphatic rings. The average molecular weight is 442 g/mol. The van der Waals surface area contributed by atoms with Crippen LogP contribution in [-0.4, -0.2) is 33.8 Å². The van der Waals surface area contributed by atoms with Gasteiger partial charge in [-0.3, -0.25) is 4.79 Å². The van der Waals surface area contributed by atoms with Crippen molar-refractivity contribution in [2.24, 2.45) is 5.92 Å². The molecule has 1 amide bonds. The lowest BCUT2D eigenvalue weighted by atomic mass is 10.1. The summed E-state index contributed by atoms with van der Waals surface area (Å²) in [5.74, 6) is 1.73. The molecule has 0 bridgehead atoms. The summed E-state index contributed by atoms with van der Waals surface area (Å²) in [6, 6.07) is 6.25. The van der Waals surface area contributed by atoms with E-state index in [1.54, 1.807) is 18.2 Å². The quantitative estimate of drug-likeness (QED) is 0.540. The van der Waals surface area contributed by atoms with Gasteiger partial charge < -0.3 is 24.3 Å². The van der Waals surface area contributed by atoms with Gasteiger partial charge in [-0.25, -0.2) is 0 Å². The summed E-state index contributed by atoms with van der Waals surface area (Å²) in [5.41, 5.74) is 0.702. The minimum Gasteiger partial charge on any atom is -0.495 e. The normalized spacial score (nSPS) is 10.6. The number of carbonyl (C=O) groups excluding carboxylic acids is 1. The van der Waals surface area contributed by atoms with Crippen molar-refractivity contribution in [3.8, 4) is 23.0 Å². The van der Waals surface area contributed by atoms with E-state index in [2.05, 4.69) is 19.2 Å². The number of ether oxygens (including phenoxy) is 4. The summed E-state index contributed by atoms with van der Waals surface area (Å²) in [5, 5.41) is 3.40. The lowest BCUT2D eigenvalue weighted by Crippen LogP contribution is -2.13. The molecule has 2 aromatic carbocycles. The van der Waals surface area contributed by atoms with Crippen LogP contribution in [0.15, 0.2) is 24.3 Å². The predicted molar refractivity (Wildman–Crippen MR) is 115 cm³/mol. The van der Waals surface area contributed by atoms with Crippen LogP contribution in [0.2, 0.25) is 10.0 Å². The number of rotatable bonds is 9. The predicted octanol–water partition coefficient (Wildman–Crippen LogP) is 5.70. The zero-order valence-corrected chi connectivity index (χ0v) is 18.6. The first-order valence-electron chi connectivity index (χ1n) is 9.03. The molecule has 2 rings (SSSR count). The highest BCUT2D eigenvalue weighted by atomic mass is 35.5. The molecule has 0 aromatic heterocycles. The van der Waals surface area contributed by atoms with Crippen molar-refractivity contribution in [3.63, 3.8) is 0 Å². The number of amides is 1. The van der Waals surface area contributed by atoms with Gasteiger partial charge in [0.2, 0.25) is 0 Å². The van der Waals surface area contributed by atoms with Gasteiger partial charge in [-0.1, -0.05) is 37.0 Å². The van der Waals surface area contributed by atoms with E-state index in [1.165, 1.54) is 27.4 Å². The Bertz CT molecular complexity index is 871. The van der Waals surface area contributed by atoms with Gasteiger partial charge in [0.05, 0.1) is 43.7 Å². The SMILES string of the molecule is COc1cc(OC)c(NC(=O)c2cc(Cl)c(OCCC(C)C)c(OC)c2)cc1Cl. The van der Waals surface area contributed by atoms with E-state index in [0.29, 0.717) is 51.8 Å². The van der Waals surface area contributed by atoms with E-state index in [1.807, 2.05) is 0 Å². The molecule has 0 atom stereocenters. The monoisotopic (exact) mass is 441 g/mol. The van der Waals surface area contributed by atoms with Crippen LogP contribution in [0, 0.1) is 5.92 Å². The van der Waals surface area contributed by atoms with E-state index < -0.39 is 5.91 Å². The Labute approximate surface area is 181 Å². The van der Waals surface area contributed by atoms with Gasteiger partial charge in [0.15, 0.2) is 11.5 Å². The molecule has 158 valence electrons. The number of anilines is 1. The Morgan fingerprint density at radius 2 is 1.59 bits per heavy atom. The van der Waals surface area contributed by atoms with Crippen molar-refractivity contribution in [1.29, 1.82) is 0 Å². The lowest BCUT2D eigenvalue weighted by Gasteiger charge is -2.16. The van der Waals surface area contributed by atoms with Crippen molar-refractivity contribution < 1.29 is 23.7 Å². The Kier molecular flexibility index (Phi) is 8.29. The summed E-state index contributed by atoms with van der Waals surface area (Å²) in [6.07, 6.45) is 0.875. The molecule has 1 N–H and O–H groups in total. The van der Waals surface area contributed by atoms with Gasteiger partial charge >= 0.3 is 0 Å². The van der Waals surface area contributed by atoms with Gasteiger partial charge in [0.1, 0.15) is 11.5 Å². The van der Waals surface area contributed by atoms with E-state index in [4.69, 9.17) is 42.1 Å². The van der Waals surface area contributed by atoms with Crippen molar-refractivity contribution in [2.45, 2.75) is 20.3 Å². The van der Waals surface area contributed by atoms with Crippen LogP contribution >= 0.6 is 23.2 Å².